The van der Waals surface area contributed by atoms with Crippen LogP contribution in [0.15, 0.2) is 22.7 Å². The van der Waals surface area contributed by atoms with Gasteiger partial charge < -0.3 is 10.3 Å². The zero-order chi connectivity index (χ0) is 15.4. The van der Waals surface area contributed by atoms with Gasteiger partial charge in [0.1, 0.15) is 23.2 Å². The van der Waals surface area contributed by atoms with Gasteiger partial charge >= 0.3 is 0 Å². The lowest BCUT2D eigenvalue weighted by molar-refractivity contribution is 0.604. The molecule has 2 N–H and O–H groups in total. The van der Waals surface area contributed by atoms with E-state index < -0.39 is 0 Å². The Labute approximate surface area is 133 Å². The van der Waals surface area contributed by atoms with Gasteiger partial charge in [-0.25, -0.2) is 9.37 Å². The van der Waals surface area contributed by atoms with E-state index in [1.807, 2.05) is 0 Å². The molecule has 21 heavy (non-hydrogen) atoms. The Morgan fingerprint density at radius 3 is 2.67 bits per heavy atom. The fourth-order valence-electron chi connectivity index (χ4n) is 2.37. The molecular weight excluding hydrogens is 333 g/mol. The highest BCUT2D eigenvalue weighted by Gasteiger charge is 2.17. The van der Waals surface area contributed by atoms with Crippen LogP contribution >= 0.6 is 15.9 Å². The maximum absolute atomic E-state index is 13.2. The SMILES string of the molecule is CCCCn1c(CCC)nc(-c2ccc(F)cc2Br)c1N. The van der Waals surface area contributed by atoms with E-state index in [-0.39, 0.29) is 5.82 Å². The van der Waals surface area contributed by atoms with Crippen molar-refractivity contribution in [3.63, 3.8) is 0 Å². The fraction of sp³-hybridized carbons (Fsp3) is 0.438. The molecule has 0 spiro atoms. The van der Waals surface area contributed by atoms with E-state index in [9.17, 15) is 4.39 Å². The third-order valence-electron chi connectivity index (χ3n) is 3.48. The van der Waals surface area contributed by atoms with Crippen molar-refractivity contribution in [2.24, 2.45) is 0 Å². The van der Waals surface area contributed by atoms with Crippen molar-refractivity contribution in [3.8, 4) is 11.3 Å². The molecule has 2 aromatic rings. The number of nitrogens with two attached hydrogens (primary N) is 1. The molecule has 5 heteroatoms. The van der Waals surface area contributed by atoms with E-state index >= 15 is 0 Å². The smallest absolute Gasteiger partial charge is 0.131 e. The first-order valence-electron chi connectivity index (χ1n) is 7.38. The third-order valence-corrected chi connectivity index (χ3v) is 4.14. The predicted molar refractivity (Wildman–Crippen MR) is 88.6 cm³/mol. The van der Waals surface area contributed by atoms with Gasteiger partial charge in [0.05, 0.1) is 0 Å². The number of rotatable bonds is 6. The summed E-state index contributed by atoms with van der Waals surface area (Å²) < 4.78 is 16.0. The van der Waals surface area contributed by atoms with Crippen molar-refractivity contribution < 1.29 is 4.39 Å². The molecule has 0 amide bonds. The summed E-state index contributed by atoms with van der Waals surface area (Å²) in [4.78, 5) is 4.70. The highest BCUT2D eigenvalue weighted by atomic mass is 79.9. The second kappa shape index (κ2) is 7.07. The van der Waals surface area contributed by atoms with Crippen LogP contribution in [-0.2, 0) is 13.0 Å². The van der Waals surface area contributed by atoms with Crippen LogP contribution in [0.25, 0.3) is 11.3 Å². The van der Waals surface area contributed by atoms with Gasteiger partial charge in [0.2, 0.25) is 0 Å². The standard InChI is InChI=1S/C16H21BrFN3/c1-3-5-9-21-14(6-4-2)20-15(16(21)19)12-8-7-11(18)10-13(12)17/h7-8,10H,3-6,9,19H2,1-2H3. The molecule has 0 aliphatic carbocycles. The quantitative estimate of drug-likeness (QED) is 0.811. The zero-order valence-electron chi connectivity index (χ0n) is 12.5. The van der Waals surface area contributed by atoms with Crippen molar-refractivity contribution in [1.82, 2.24) is 9.55 Å². The van der Waals surface area contributed by atoms with Crippen LogP contribution in [0, 0.1) is 5.82 Å². The van der Waals surface area contributed by atoms with Crippen molar-refractivity contribution in [2.75, 3.05) is 5.73 Å². The molecule has 114 valence electrons. The number of nitrogens with zero attached hydrogens (tertiary/aromatic N) is 2. The first kappa shape index (κ1) is 16.0. The number of hydrogen-bond acceptors (Lipinski definition) is 2. The van der Waals surface area contributed by atoms with Crippen LogP contribution in [0.1, 0.15) is 38.9 Å². The summed E-state index contributed by atoms with van der Waals surface area (Å²) in [5, 5.41) is 0. The second-order valence-electron chi connectivity index (χ2n) is 5.14. The predicted octanol–water partition coefficient (Wildman–Crippen LogP) is 4.79. The molecule has 0 unspecified atom stereocenters. The van der Waals surface area contributed by atoms with Crippen LogP contribution in [0.3, 0.4) is 0 Å². The number of halogens is 2. The van der Waals surface area contributed by atoms with Crippen molar-refractivity contribution in [2.45, 2.75) is 46.1 Å². The van der Waals surface area contributed by atoms with Crippen LogP contribution in [-0.4, -0.2) is 9.55 Å². The molecule has 1 aromatic carbocycles. The molecule has 2 rings (SSSR count). The summed E-state index contributed by atoms with van der Waals surface area (Å²) in [6.45, 7) is 5.16. The number of hydrogen-bond donors (Lipinski definition) is 1. The molecular formula is C16H21BrFN3. The van der Waals surface area contributed by atoms with Gasteiger partial charge in [-0.05, 0) is 47.0 Å². The molecule has 0 bridgehead atoms. The number of anilines is 1. The fourth-order valence-corrected chi connectivity index (χ4v) is 2.91. The summed E-state index contributed by atoms with van der Waals surface area (Å²) in [5.74, 6) is 1.40. The van der Waals surface area contributed by atoms with Gasteiger partial charge in [-0.1, -0.05) is 20.3 Å². The Bertz CT molecular complexity index is 622. The average molecular weight is 354 g/mol. The molecule has 0 aliphatic rings. The molecule has 0 fully saturated rings. The average Bonchev–Trinajstić information content (AvgIpc) is 2.74. The number of benzene rings is 1. The summed E-state index contributed by atoms with van der Waals surface area (Å²) >= 11 is 3.40. The Kier molecular flexibility index (Phi) is 5.39. The summed E-state index contributed by atoms with van der Waals surface area (Å²) in [5.41, 5.74) is 7.87. The minimum absolute atomic E-state index is 0.275. The molecule has 0 saturated carbocycles. The molecule has 0 aliphatic heterocycles. The van der Waals surface area contributed by atoms with Gasteiger partial charge in [0.15, 0.2) is 0 Å². The van der Waals surface area contributed by atoms with Crippen molar-refractivity contribution in [1.29, 1.82) is 0 Å². The summed E-state index contributed by atoms with van der Waals surface area (Å²) in [7, 11) is 0. The van der Waals surface area contributed by atoms with Crippen LogP contribution in [0.2, 0.25) is 0 Å². The molecule has 1 aromatic heterocycles. The van der Waals surface area contributed by atoms with Gasteiger partial charge in [0, 0.05) is 23.0 Å². The highest BCUT2D eigenvalue weighted by Crippen LogP contribution is 2.33. The zero-order valence-corrected chi connectivity index (χ0v) is 14.1. The second-order valence-corrected chi connectivity index (χ2v) is 6.00. The normalized spacial score (nSPS) is 11.0. The molecule has 0 radical (unpaired) electrons. The molecule has 0 atom stereocenters. The number of nitrogen functional groups attached to an aromatic ring is 1. The number of aromatic nitrogens is 2. The maximum atomic E-state index is 13.2. The lowest BCUT2D eigenvalue weighted by atomic mass is 10.1. The maximum Gasteiger partial charge on any atom is 0.131 e. The van der Waals surface area contributed by atoms with E-state index in [0.29, 0.717) is 10.3 Å². The van der Waals surface area contributed by atoms with Gasteiger partial charge in [-0.15, -0.1) is 0 Å². The monoisotopic (exact) mass is 353 g/mol. The lowest BCUT2D eigenvalue weighted by Crippen LogP contribution is -2.07. The number of aryl methyl sites for hydroxylation is 1. The number of unbranched alkanes of at least 4 members (excludes halogenated alkanes) is 1. The van der Waals surface area contributed by atoms with Crippen LogP contribution in [0.4, 0.5) is 10.2 Å². The summed E-state index contributed by atoms with van der Waals surface area (Å²) in [6.07, 6.45) is 4.10. The van der Waals surface area contributed by atoms with Gasteiger partial charge in [-0.3, -0.25) is 0 Å². The minimum atomic E-state index is -0.275. The van der Waals surface area contributed by atoms with E-state index in [1.54, 1.807) is 6.07 Å². The summed E-state index contributed by atoms with van der Waals surface area (Å²) in [6, 6.07) is 4.60. The number of imidazole rings is 1. The minimum Gasteiger partial charge on any atom is -0.383 e. The first-order chi connectivity index (χ1) is 10.1. The van der Waals surface area contributed by atoms with E-state index in [1.165, 1.54) is 12.1 Å². The van der Waals surface area contributed by atoms with E-state index in [2.05, 4.69) is 34.3 Å². The Hall–Kier alpha value is -1.36. The lowest BCUT2D eigenvalue weighted by Gasteiger charge is -2.08. The van der Waals surface area contributed by atoms with Crippen molar-refractivity contribution >= 4 is 21.7 Å². The highest BCUT2D eigenvalue weighted by molar-refractivity contribution is 9.10. The van der Waals surface area contributed by atoms with E-state index in [4.69, 9.17) is 10.7 Å². The topological polar surface area (TPSA) is 43.8 Å². The molecule has 0 saturated heterocycles. The van der Waals surface area contributed by atoms with Crippen molar-refractivity contribution in [3.05, 3.63) is 34.3 Å². The van der Waals surface area contributed by atoms with E-state index in [0.717, 1.165) is 49.3 Å². The molecule has 1 heterocycles. The first-order valence-corrected chi connectivity index (χ1v) is 8.18. The largest absolute Gasteiger partial charge is 0.383 e. The van der Waals surface area contributed by atoms with Gasteiger partial charge in [-0.2, -0.15) is 0 Å². The Morgan fingerprint density at radius 2 is 2.05 bits per heavy atom. The van der Waals surface area contributed by atoms with Gasteiger partial charge in [0.25, 0.3) is 0 Å². The third kappa shape index (κ3) is 3.46. The Morgan fingerprint density at radius 1 is 1.29 bits per heavy atom. The van der Waals surface area contributed by atoms with Crippen LogP contribution in [0.5, 0.6) is 0 Å². The molecule has 3 nitrogen and oxygen atoms in total. The van der Waals surface area contributed by atoms with Crippen LogP contribution < -0.4 is 5.73 Å². The Balaban J connectivity index is 2.48.